The third kappa shape index (κ3) is 3.96. The highest BCUT2D eigenvalue weighted by Crippen LogP contribution is 2.25. The highest BCUT2D eigenvalue weighted by Gasteiger charge is 2.16. The Bertz CT molecular complexity index is 705. The molecule has 2 aromatic rings. The van der Waals surface area contributed by atoms with Gasteiger partial charge in [0.2, 0.25) is 0 Å². The standard InChI is InChI=1S/C18H22N2O4/c1-12-8-14(20-18(21)13-9-16(10-19)23-11-13)2-3-17(12)24-15-4-6-22-7-5-15/h2-3,8-9,11,15H,4-7,10,19H2,1H3,(H,20,21). The minimum atomic E-state index is -0.226. The number of ether oxygens (including phenoxy) is 2. The Labute approximate surface area is 140 Å². The highest BCUT2D eigenvalue weighted by atomic mass is 16.5. The molecule has 1 aromatic heterocycles. The van der Waals surface area contributed by atoms with E-state index in [2.05, 4.69) is 5.32 Å². The second-order valence-corrected chi connectivity index (χ2v) is 5.87. The molecule has 6 heteroatoms. The first-order valence-corrected chi connectivity index (χ1v) is 8.09. The molecule has 3 N–H and O–H groups in total. The SMILES string of the molecule is Cc1cc(NC(=O)c2coc(CN)c2)ccc1OC1CCOCC1. The van der Waals surface area contributed by atoms with Gasteiger partial charge in [-0.1, -0.05) is 0 Å². The van der Waals surface area contributed by atoms with Crippen LogP contribution in [0.4, 0.5) is 5.69 Å². The lowest BCUT2D eigenvalue weighted by Crippen LogP contribution is -2.26. The number of benzene rings is 1. The minimum Gasteiger partial charge on any atom is -0.490 e. The van der Waals surface area contributed by atoms with E-state index in [1.165, 1.54) is 6.26 Å². The normalized spacial score (nSPS) is 15.2. The smallest absolute Gasteiger partial charge is 0.258 e. The van der Waals surface area contributed by atoms with Crippen LogP contribution in [0.15, 0.2) is 34.9 Å². The molecule has 1 aliphatic rings. The molecule has 1 aromatic carbocycles. The van der Waals surface area contributed by atoms with E-state index in [0.717, 1.165) is 37.4 Å². The van der Waals surface area contributed by atoms with Crippen LogP contribution in [-0.2, 0) is 11.3 Å². The molecule has 0 unspecified atom stereocenters. The van der Waals surface area contributed by atoms with Crippen molar-refractivity contribution in [3.8, 4) is 5.75 Å². The average Bonchev–Trinajstić information content (AvgIpc) is 3.08. The van der Waals surface area contributed by atoms with E-state index < -0.39 is 0 Å². The number of carbonyl (C=O) groups excluding carboxylic acids is 1. The van der Waals surface area contributed by atoms with Crippen LogP contribution in [0.5, 0.6) is 5.75 Å². The third-order valence-electron chi connectivity index (χ3n) is 4.01. The van der Waals surface area contributed by atoms with Crippen LogP contribution >= 0.6 is 0 Å². The fourth-order valence-electron chi connectivity index (χ4n) is 2.64. The van der Waals surface area contributed by atoms with Crippen molar-refractivity contribution in [2.45, 2.75) is 32.4 Å². The van der Waals surface area contributed by atoms with E-state index in [9.17, 15) is 4.79 Å². The van der Waals surface area contributed by atoms with Gasteiger partial charge >= 0.3 is 0 Å². The summed E-state index contributed by atoms with van der Waals surface area (Å²) in [5.41, 5.74) is 7.63. The summed E-state index contributed by atoms with van der Waals surface area (Å²) in [5.74, 6) is 1.20. The predicted octanol–water partition coefficient (Wildman–Crippen LogP) is 2.86. The maximum atomic E-state index is 12.2. The number of carbonyl (C=O) groups is 1. The lowest BCUT2D eigenvalue weighted by atomic mass is 10.1. The van der Waals surface area contributed by atoms with Gasteiger partial charge in [0.05, 0.1) is 25.3 Å². The van der Waals surface area contributed by atoms with Crippen molar-refractivity contribution in [1.82, 2.24) is 0 Å². The van der Waals surface area contributed by atoms with Crippen molar-refractivity contribution in [2.24, 2.45) is 5.73 Å². The maximum absolute atomic E-state index is 12.2. The molecule has 128 valence electrons. The van der Waals surface area contributed by atoms with Gasteiger partial charge in [-0.2, -0.15) is 0 Å². The van der Waals surface area contributed by atoms with Crippen LogP contribution in [0.25, 0.3) is 0 Å². The van der Waals surface area contributed by atoms with Gasteiger partial charge in [0.15, 0.2) is 0 Å². The summed E-state index contributed by atoms with van der Waals surface area (Å²) in [6, 6.07) is 7.27. The van der Waals surface area contributed by atoms with Crippen molar-refractivity contribution in [1.29, 1.82) is 0 Å². The second kappa shape index (κ2) is 7.51. The molecule has 1 fully saturated rings. The summed E-state index contributed by atoms with van der Waals surface area (Å²) >= 11 is 0. The van der Waals surface area contributed by atoms with E-state index in [1.807, 2.05) is 25.1 Å². The Balaban J connectivity index is 1.64. The predicted molar refractivity (Wildman–Crippen MR) is 90.2 cm³/mol. The summed E-state index contributed by atoms with van der Waals surface area (Å²) < 4.78 is 16.6. The van der Waals surface area contributed by atoms with Gasteiger partial charge in [-0.05, 0) is 36.8 Å². The maximum Gasteiger partial charge on any atom is 0.258 e. The molecule has 1 amide bonds. The molecule has 3 rings (SSSR count). The van der Waals surface area contributed by atoms with Crippen LogP contribution in [0.1, 0.15) is 34.5 Å². The molecule has 1 saturated heterocycles. The lowest BCUT2D eigenvalue weighted by Gasteiger charge is -2.24. The number of nitrogens with one attached hydrogen (secondary N) is 1. The molecule has 1 aliphatic heterocycles. The summed E-state index contributed by atoms with van der Waals surface area (Å²) in [7, 11) is 0. The Hall–Kier alpha value is -2.31. The molecular weight excluding hydrogens is 308 g/mol. The number of anilines is 1. The van der Waals surface area contributed by atoms with E-state index >= 15 is 0 Å². The van der Waals surface area contributed by atoms with Gasteiger partial charge < -0.3 is 24.9 Å². The molecule has 0 aliphatic carbocycles. The quantitative estimate of drug-likeness (QED) is 0.880. The largest absolute Gasteiger partial charge is 0.490 e. The molecule has 0 bridgehead atoms. The van der Waals surface area contributed by atoms with Crippen molar-refractivity contribution in [3.05, 3.63) is 47.4 Å². The highest BCUT2D eigenvalue weighted by molar-refractivity contribution is 6.04. The van der Waals surface area contributed by atoms with E-state index in [4.69, 9.17) is 19.6 Å². The van der Waals surface area contributed by atoms with Gasteiger partial charge in [-0.25, -0.2) is 0 Å². The van der Waals surface area contributed by atoms with E-state index in [0.29, 0.717) is 17.0 Å². The molecule has 0 spiro atoms. The number of hydrogen-bond donors (Lipinski definition) is 2. The fraction of sp³-hybridized carbons (Fsp3) is 0.389. The Morgan fingerprint density at radius 2 is 2.12 bits per heavy atom. The van der Waals surface area contributed by atoms with Gasteiger partial charge in [-0.3, -0.25) is 4.79 Å². The summed E-state index contributed by atoms with van der Waals surface area (Å²) in [6.45, 7) is 3.72. The zero-order chi connectivity index (χ0) is 16.9. The summed E-state index contributed by atoms with van der Waals surface area (Å²) in [6.07, 6.45) is 3.41. The molecule has 0 saturated carbocycles. The Kier molecular flexibility index (Phi) is 5.17. The van der Waals surface area contributed by atoms with Crippen molar-refractivity contribution in [3.63, 3.8) is 0 Å². The van der Waals surface area contributed by atoms with Gasteiger partial charge in [0.1, 0.15) is 23.9 Å². The molecule has 0 radical (unpaired) electrons. The van der Waals surface area contributed by atoms with E-state index in [-0.39, 0.29) is 18.6 Å². The number of furan rings is 1. The topological polar surface area (TPSA) is 86.7 Å². The summed E-state index contributed by atoms with van der Waals surface area (Å²) in [5, 5.41) is 2.85. The molecule has 0 atom stereocenters. The Morgan fingerprint density at radius 3 is 2.79 bits per heavy atom. The van der Waals surface area contributed by atoms with Crippen molar-refractivity contribution >= 4 is 11.6 Å². The fourth-order valence-corrected chi connectivity index (χ4v) is 2.64. The van der Waals surface area contributed by atoms with E-state index in [1.54, 1.807) is 6.07 Å². The lowest BCUT2D eigenvalue weighted by molar-refractivity contribution is 0.0253. The van der Waals surface area contributed by atoms with Gasteiger partial charge in [0, 0.05) is 18.5 Å². The molecule has 6 nitrogen and oxygen atoms in total. The van der Waals surface area contributed by atoms with Gasteiger partial charge in [-0.15, -0.1) is 0 Å². The first kappa shape index (κ1) is 16.5. The van der Waals surface area contributed by atoms with Crippen LogP contribution in [-0.4, -0.2) is 25.2 Å². The summed E-state index contributed by atoms with van der Waals surface area (Å²) in [4.78, 5) is 12.2. The molecule has 2 heterocycles. The van der Waals surface area contributed by atoms with Gasteiger partial charge in [0.25, 0.3) is 5.91 Å². The second-order valence-electron chi connectivity index (χ2n) is 5.87. The first-order chi connectivity index (χ1) is 11.7. The van der Waals surface area contributed by atoms with Crippen LogP contribution < -0.4 is 15.8 Å². The number of rotatable bonds is 5. The monoisotopic (exact) mass is 330 g/mol. The first-order valence-electron chi connectivity index (χ1n) is 8.09. The van der Waals surface area contributed by atoms with Crippen LogP contribution in [0.3, 0.4) is 0 Å². The molecule has 24 heavy (non-hydrogen) atoms. The third-order valence-corrected chi connectivity index (χ3v) is 4.01. The number of amides is 1. The number of hydrogen-bond acceptors (Lipinski definition) is 5. The Morgan fingerprint density at radius 1 is 1.33 bits per heavy atom. The van der Waals surface area contributed by atoms with Crippen molar-refractivity contribution in [2.75, 3.05) is 18.5 Å². The number of nitrogens with two attached hydrogens (primary N) is 1. The van der Waals surface area contributed by atoms with Crippen LogP contribution in [0, 0.1) is 6.92 Å². The minimum absolute atomic E-state index is 0.193. The van der Waals surface area contributed by atoms with Crippen molar-refractivity contribution < 1.29 is 18.7 Å². The zero-order valence-corrected chi connectivity index (χ0v) is 13.7. The van der Waals surface area contributed by atoms with Crippen LogP contribution in [0.2, 0.25) is 0 Å². The molecular formula is C18H22N2O4. The number of aryl methyl sites for hydroxylation is 1. The zero-order valence-electron chi connectivity index (χ0n) is 13.7. The average molecular weight is 330 g/mol.